The average Bonchev–Trinajstić information content (AvgIpc) is 2.30. The lowest BCUT2D eigenvalue weighted by Gasteiger charge is -2.26. The molecule has 1 unspecified atom stereocenters. The second kappa shape index (κ2) is 5.66. The van der Waals surface area contributed by atoms with Gasteiger partial charge < -0.3 is 5.73 Å². The first kappa shape index (κ1) is 15.2. The zero-order valence-electron chi connectivity index (χ0n) is 12.0. The number of hydrogen-bond donors (Lipinski definition) is 1. The monoisotopic (exact) mass is 335 g/mol. The largest absolute Gasteiger partial charge is 0.321 e. The molecule has 2 aromatic carbocycles. The van der Waals surface area contributed by atoms with Crippen LogP contribution >= 0.6 is 15.9 Å². The standard InChI is InChI=1S/C17H19BrFN/c1-11-4-5-14(6-12(11)2)17(3,20)10-13-7-15(18)9-16(19)8-13/h4-9H,10,20H2,1-3H3. The Morgan fingerprint density at radius 2 is 1.80 bits per heavy atom. The molecule has 20 heavy (non-hydrogen) atoms. The van der Waals surface area contributed by atoms with E-state index in [4.69, 9.17) is 5.73 Å². The van der Waals surface area contributed by atoms with Crippen LogP contribution in [0, 0.1) is 19.7 Å². The Morgan fingerprint density at radius 1 is 1.10 bits per heavy atom. The van der Waals surface area contributed by atoms with Crippen molar-refractivity contribution in [1.82, 2.24) is 0 Å². The van der Waals surface area contributed by atoms with Crippen LogP contribution in [0.2, 0.25) is 0 Å². The van der Waals surface area contributed by atoms with Gasteiger partial charge in [0.1, 0.15) is 5.82 Å². The number of nitrogens with two attached hydrogens (primary N) is 1. The minimum atomic E-state index is -0.522. The molecule has 2 N–H and O–H groups in total. The van der Waals surface area contributed by atoms with Gasteiger partial charge in [-0.15, -0.1) is 0 Å². The highest BCUT2D eigenvalue weighted by Crippen LogP contribution is 2.26. The Balaban J connectivity index is 2.32. The molecule has 106 valence electrons. The first-order valence-corrected chi connectivity index (χ1v) is 7.39. The highest BCUT2D eigenvalue weighted by molar-refractivity contribution is 9.10. The fourth-order valence-electron chi connectivity index (χ4n) is 2.34. The number of rotatable bonds is 3. The molecule has 0 heterocycles. The Bertz CT molecular complexity index is 615. The van der Waals surface area contributed by atoms with Crippen LogP contribution in [0.5, 0.6) is 0 Å². The number of aryl methyl sites for hydroxylation is 2. The predicted octanol–water partition coefficient (Wildman–Crippen LogP) is 4.62. The molecule has 0 fully saturated rings. The fraction of sp³-hybridized carbons (Fsp3) is 0.294. The summed E-state index contributed by atoms with van der Waals surface area (Å²) in [5.41, 5.74) is 10.4. The molecule has 0 saturated heterocycles. The highest BCUT2D eigenvalue weighted by atomic mass is 79.9. The van der Waals surface area contributed by atoms with Gasteiger partial charge in [0.2, 0.25) is 0 Å². The summed E-state index contributed by atoms with van der Waals surface area (Å²) in [6, 6.07) is 11.1. The van der Waals surface area contributed by atoms with E-state index in [2.05, 4.69) is 48.0 Å². The van der Waals surface area contributed by atoms with Crippen molar-refractivity contribution >= 4 is 15.9 Å². The molecular weight excluding hydrogens is 317 g/mol. The lowest BCUT2D eigenvalue weighted by atomic mass is 9.85. The van der Waals surface area contributed by atoms with Crippen molar-refractivity contribution in [1.29, 1.82) is 0 Å². The van der Waals surface area contributed by atoms with Gasteiger partial charge in [-0.1, -0.05) is 34.1 Å². The van der Waals surface area contributed by atoms with Crippen LogP contribution in [0.25, 0.3) is 0 Å². The molecule has 0 aliphatic rings. The third-order valence-electron chi connectivity index (χ3n) is 3.66. The summed E-state index contributed by atoms with van der Waals surface area (Å²) in [5.74, 6) is -0.245. The summed E-state index contributed by atoms with van der Waals surface area (Å²) in [5, 5.41) is 0. The van der Waals surface area contributed by atoms with Crippen LogP contribution in [0.3, 0.4) is 0 Å². The van der Waals surface area contributed by atoms with E-state index in [-0.39, 0.29) is 5.82 Å². The molecule has 0 bridgehead atoms. The van der Waals surface area contributed by atoms with Crippen molar-refractivity contribution in [3.05, 3.63) is 68.9 Å². The van der Waals surface area contributed by atoms with Crippen molar-refractivity contribution in [2.75, 3.05) is 0 Å². The maximum atomic E-state index is 13.5. The van der Waals surface area contributed by atoms with Crippen LogP contribution in [-0.2, 0) is 12.0 Å². The third-order valence-corrected chi connectivity index (χ3v) is 4.12. The summed E-state index contributed by atoms with van der Waals surface area (Å²) >= 11 is 3.32. The zero-order chi connectivity index (χ0) is 14.9. The molecule has 1 atom stereocenters. The third kappa shape index (κ3) is 3.47. The maximum absolute atomic E-state index is 13.5. The van der Waals surface area contributed by atoms with Gasteiger partial charge >= 0.3 is 0 Å². The van der Waals surface area contributed by atoms with Crippen LogP contribution in [0.4, 0.5) is 4.39 Å². The number of halogens is 2. The van der Waals surface area contributed by atoms with E-state index in [1.165, 1.54) is 23.3 Å². The molecule has 0 amide bonds. The minimum Gasteiger partial charge on any atom is -0.321 e. The van der Waals surface area contributed by atoms with E-state index in [1.807, 2.05) is 13.0 Å². The second-order valence-electron chi connectivity index (χ2n) is 5.67. The van der Waals surface area contributed by atoms with Gasteiger partial charge in [-0.05, 0) is 67.6 Å². The molecular formula is C17H19BrFN. The normalized spacial score (nSPS) is 14.1. The second-order valence-corrected chi connectivity index (χ2v) is 6.59. The topological polar surface area (TPSA) is 26.0 Å². The van der Waals surface area contributed by atoms with Crippen LogP contribution in [-0.4, -0.2) is 0 Å². The lowest BCUT2D eigenvalue weighted by Crippen LogP contribution is -2.35. The van der Waals surface area contributed by atoms with Gasteiger partial charge in [0.15, 0.2) is 0 Å². The number of benzene rings is 2. The molecule has 0 saturated carbocycles. The first-order valence-electron chi connectivity index (χ1n) is 6.59. The summed E-state index contributed by atoms with van der Waals surface area (Å²) in [6.07, 6.45) is 0.589. The fourth-order valence-corrected chi connectivity index (χ4v) is 2.85. The van der Waals surface area contributed by atoms with Crippen molar-refractivity contribution in [2.24, 2.45) is 5.73 Å². The van der Waals surface area contributed by atoms with Gasteiger partial charge in [-0.25, -0.2) is 4.39 Å². The van der Waals surface area contributed by atoms with Gasteiger partial charge in [-0.3, -0.25) is 0 Å². The summed E-state index contributed by atoms with van der Waals surface area (Å²) in [6.45, 7) is 6.14. The van der Waals surface area contributed by atoms with E-state index < -0.39 is 5.54 Å². The van der Waals surface area contributed by atoms with Gasteiger partial charge in [0, 0.05) is 10.0 Å². The van der Waals surface area contributed by atoms with Gasteiger partial charge in [0.05, 0.1) is 0 Å². The molecule has 0 aliphatic carbocycles. The summed E-state index contributed by atoms with van der Waals surface area (Å²) in [4.78, 5) is 0. The molecule has 0 spiro atoms. The van der Waals surface area contributed by atoms with Crippen molar-refractivity contribution < 1.29 is 4.39 Å². The van der Waals surface area contributed by atoms with Crippen molar-refractivity contribution in [3.63, 3.8) is 0 Å². The van der Waals surface area contributed by atoms with Crippen molar-refractivity contribution in [3.8, 4) is 0 Å². The smallest absolute Gasteiger partial charge is 0.124 e. The predicted molar refractivity (Wildman–Crippen MR) is 85.3 cm³/mol. The Labute approximate surface area is 128 Å². The molecule has 0 aliphatic heterocycles. The molecule has 3 heteroatoms. The van der Waals surface area contributed by atoms with E-state index >= 15 is 0 Å². The van der Waals surface area contributed by atoms with E-state index in [9.17, 15) is 4.39 Å². The quantitative estimate of drug-likeness (QED) is 0.869. The lowest BCUT2D eigenvalue weighted by molar-refractivity contribution is 0.489. The van der Waals surface area contributed by atoms with E-state index in [1.54, 1.807) is 0 Å². The molecule has 0 radical (unpaired) electrons. The minimum absolute atomic E-state index is 0.245. The Hall–Kier alpha value is -1.19. The van der Waals surface area contributed by atoms with Gasteiger partial charge in [-0.2, -0.15) is 0 Å². The van der Waals surface area contributed by atoms with E-state index in [0.29, 0.717) is 6.42 Å². The summed E-state index contributed by atoms with van der Waals surface area (Å²) in [7, 11) is 0. The van der Waals surface area contributed by atoms with Crippen LogP contribution < -0.4 is 5.73 Å². The van der Waals surface area contributed by atoms with Gasteiger partial charge in [0.25, 0.3) is 0 Å². The first-order chi connectivity index (χ1) is 9.28. The molecule has 2 aromatic rings. The average molecular weight is 336 g/mol. The van der Waals surface area contributed by atoms with Crippen LogP contribution in [0.15, 0.2) is 40.9 Å². The molecule has 0 aromatic heterocycles. The highest BCUT2D eigenvalue weighted by Gasteiger charge is 2.22. The Morgan fingerprint density at radius 3 is 2.40 bits per heavy atom. The number of hydrogen-bond acceptors (Lipinski definition) is 1. The van der Waals surface area contributed by atoms with Crippen molar-refractivity contribution in [2.45, 2.75) is 32.7 Å². The molecule has 2 rings (SSSR count). The van der Waals surface area contributed by atoms with Crippen LogP contribution in [0.1, 0.15) is 29.2 Å². The summed E-state index contributed by atoms with van der Waals surface area (Å²) < 4.78 is 14.2. The maximum Gasteiger partial charge on any atom is 0.124 e. The zero-order valence-corrected chi connectivity index (χ0v) is 13.6. The van der Waals surface area contributed by atoms with E-state index in [0.717, 1.165) is 15.6 Å². The SMILES string of the molecule is Cc1ccc(C(C)(N)Cc2cc(F)cc(Br)c2)cc1C. The Kier molecular flexibility index (Phi) is 4.31. The molecule has 1 nitrogen and oxygen atoms in total.